The fourth-order valence-corrected chi connectivity index (χ4v) is 2.54. The SMILES string of the molecule is CCCc1cc[n+]([C@H](C)C(=O)Nc2ccc3c(c2)OCO3)cc1. The van der Waals surface area contributed by atoms with Crippen LogP contribution in [0, 0.1) is 0 Å². The highest BCUT2D eigenvalue weighted by Gasteiger charge is 2.22. The highest BCUT2D eigenvalue weighted by molar-refractivity contribution is 5.92. The Balaban J connectivity index is 1.67. The van der Waals surface area contributed by atoms with Gasteiger partial charge in [0.2, 0.25) is 12.8 Å². The number of fused-ring (bicyclic) bond motifs is 1. The number of carbonyl (C=O) groups excluding carboxylic acids is 1. The van der Waals surface area contributed by atoms with Crippen LogP contribution in [-0.2, 0) is 11.2 Å². The number of nitrogens with one attached hydrogen (secondary N) is 1. The van der Waals surface area contributed by atoms with Gasteiger partial charge in [0.1, 0.15) is 0 Å². The van der Waals surface area contributed by atoms with Crippen LogP contribution in [0.2, 0.25) is 0 Å². The number of hydrogen-bond donors (Lipinski definition) is 1. The van der Waals surface area contributed by atoms with Crippen molar-refractivity contribution >= 4 is 11.6 Å². The molecule has 0 saturated heterocycles. The molecule has 23 heavy (non-hydrogen) atoms. The van der Waals surface area contributed by atoms with Gasteiger partial charge in [-0.25, -0.2) is 0 Å². The number of ether oxygens (including phenoxy) is 2. The number of pyridine rings is 1. The zero-order valence-electron chi connectivity index (χ0n) is 13.4. The predicted octanol–water partition coefficient (Wildman–Crippen LogP) is 2.86. The third kappa shape index (κ3) is 3.44. The van der Waals surface area contributed by atoms with E-state index < -0.39 is 0 Å². The number of benzene rings is 1. The third-order valence-electron chi connectivity index (χ3n) is 3.93. The van der Waals surface area contributed by atoms with Crippen LogP contribution in [0.3, 0.4) is 0 Å². The summed E-state index contributed by atoms with van der Waals surface area (Å²) in [5.41, 5.74) is 1.99. The van der Waals surface area contributed by atoms with Gasteiger partial charge in [0, 0.05) is 30.8 Å². The lowest BCUT2D eigenvalue weighted by molar-refractivity contribution is -0.705. The van der Waals surface area contributed by atoms with Crippen molar-refractivity contribution in [1.82, 2.24) is 0 Å². The fraction of sp³-hybridized carbons (Fsp3) is 0.333. The number of rotatable bonds is 5. The zero-order chi connectivity index (χ0) is 16.2. The Bertz CT molecular complexity index is 698. The Morgan fingerprint density at radius 1 is 1.22 bits per heavy atom. The standard InChI is InChI=1S/C18H20N2O3/c1-3-4-14-7-9-20(10-8-14)13(2)18(21)19-15-5-6-16-17(11-15)23-12-22-16/h5-11,13H,3-4,12H2,1-2H3/p+1/t13-/m1/s1. The summed E-state index contributed by atoms with van der Waals surface area (Å²) in [6, 6.07) is 9.22. The maximum Gasteiger partial charge on any atom is 0.293 e. The first-order valence-electron chi connectivity index (χ1n) is 7.87. The van der Waals surface area contributed by atoms with Crippen molar-refractivity contribution < 1.29 is 18.8 Å². The van der Waals surface area contributed by atoms with E-state index in [1.54, 1.807) is 12.1 Å². The minimum absolute atomic E-state index is 0.0721. The molecule has 0 fully saturated rings. The van der Waals surface area contributed by atoms with E-state index in [-0.39, 0.29) is 18.7 Å². The largest absolute Gasteiger partial charge is 0.454 e. The molecule has 0 radical (unpaired) electrons. The van der Waals surface area contributed by atoms with Crippen molar-refractivity contribution in [2.45, 2.75) is 32.7 Å². The van der Waals surface area contributed by atoms with Crippen LogP contribution in [0.4, 0.5) is 5.69 Å². The van der Waals surface area contributed by atoms with Gasteiger partial charge < -0.3 is 14.8 Å². The molecule has 3 rings (SSSR count). The molecule has 120 valence electrons. The summed E-state index contributed by atoms with van der Waals surface area (Å²) in [6.07, 6.45) is 6.08. The maximum absolute atomic E-state index is 12.4. The third-order valence-corrected chi connectivity index (χ3v) is 3.93. The summed E-state index contributed by atoms with van der Waals surface area (Å²) in [7, 11) is 0. The molecule has 5 nitrogen and oxygen atoms in total. The van der Waals surface area contributed by atoms with Crippen molar-refractivity contribution in [2.75, 3.05) is 12.1 Å². The first kappa shape index (κ1) is 15.3. The lowest BCUT2D eigenvalue weighted by Gasteiger charge is -2.09. The number of hydrogen-bond acceptors (Lipinski definition) is 3. The Morgan fingerprint density at radius 3 is 2.70 bits per heavy atom. The summed E-state index contributed by atoms with van der Waals surface area (Å²) < 4.78 is 12.5. The lowest BCUT2D eigenvalue weighted by Crippen LogP contribution is -2.44. The summed E-state index contributed by atoms with van der Waals surface area (Å²) in [5.74, 6) is 1.29. The smallest absolute Gasteiger partial charge is 0.293 e. The summed E-state index contributed by atoms with van der Waals surface area (Å²) in [5, 5.41) is 2.91. The topological polar surface area (TPSA) is 51.4 Å². The molecule has 1 atom stereocenters. The van der Waals surface area contributed by atoms with Crippen LogP contribution in [0.25, 0.3) is 0 Å². The van der Waals surface area contributed by atoms with Crippen molar-refractivity contribution in [2.24, 2.45) is 0 Å². The van der Waals surface area contributed by atoms with Gasteiger partial charge in [-0.15, -0.1) is 0 Å². The van der Waals surface area contributed by atoms with E-state index in [1.807, 2.05) is 30.0 Å². The molecule has 0 bridgehead atoms. The summed E-state index contributed by atoms with van der Waals surface area (Å²) in [6.45, 7) is 4.26. The molecule has 1 aliphatic rings. The van der Waals surface area contributed by atoms with E-state index in [1.165, 1.54) is 5.56 Å². The van der Waals surface area contributed by atoms with Crippen LogP contribution in [0.1, 0.15) is 31.9 Å². The second kappa shape index (κ2) is 6.69. The molecule has 1 aromatic heterocycles. The van der Waals surface area contributed by atoms with Gasteiger partial charge in [0.05, 0.1) is 0 Å². The molecular weight excluding hydrogens is 292 g/mol. The fourth-order valence-electron chi connectivity index (χ4n) is 2.54. The number of amides is 1. The molecule has 1 amide bonds. The zero-order valence-corrected chi connectivity index (χ0v) is 13.4. The van der Waals surface area contributed by atoms with Crippen molar-refractivity contribution in [1.29, 1.82) is 0 Å². The minimum atomic E-state index is -0.295. The second-order valence-electron chi connectivity index (χ2n) is 5.64. The van der Waals surface area contributed by atoms with Gasteiger partial charge in [0.25, 0.3) is 5.91 Å². The van der Waals surface area contributed by atoms with Crippen molar-refractivity contribution in [3.8, 4) is 11.5 Å². The van der Waals surface area contributed by atoms with E-state index in [9.17, 15) is 4.79 Å². The van der Waals surface area contributed by atoms with Gasteiger partial charge in [0.15, 0.2) is 23.9 Å². The highest BCUT2D eigenvalue weighted by Crippen LogP contribution is 2.34. The molecule has 1 aromatic carbocycles. The first-order valence-corrected chi connectivity index (χ1v) is 7.87. The van der Waals surface area contributed by atoms with Crippen LogP contribution in [0.5, 0.6) is 11.5 Å². The van der Waals surface area contributed by atoms with Gasteiger partial charge in [-0.2, -0.15) is 4.57 Å². The normalized spacial score (nSPS) is 13.7. The van der Waals surface area contributed by atoms with Gasteiger partial charge in [-0.05, 0) is 24.1 Å². The molecule has 1 aliphatic heterocycles. The van der Waals surface area contributed by atoms with Gasteiger partial charge in [-0.3, -0.25) is 4.79 Å². The number of aromatic nitrogens is 1. The highest BCUT2D eigenvalue weighted by atomic mass is 16.7. The van der Waals surface area contributed by atoms with Crippen LogP contribution in [-0.4, -0.2) is 12.7 Å². The quantitative estimate of drug-likeness (QED) is 0.864. The Labute approximate surface area is 135 Å². The maximum atomic E-state index is 12.4. The summed E-state index contributed by atoms with van der Waals surface area (Å²) in [4.78, 5) is 12.4. The number of nitrogens with zero attached hydrogens (tertiary/aromatic N) is 1. The van der Waals surface area contributed by atoms with E-state index in [0.717, 1.165) is 12.8 Å². The first-order chi connectivity index (χ1) is 11.2. The van der Waals surface area contributed by atoms with Crippen molar-refractivity contribution in [3.05, 3.63) is 48.3 Å². The number of carbonyl (C=O) groups is 1. The van der Waals surface area contributed by atoms with E-state index >= 15 is 0 Å². The Kier molecular flexibility index (Phi) is 4.46. The monoisotopic (exact) mass is 313 g/mol. The van der Waals surface area contributed by atoms with Gasteiger partial charge >= 0.3 is 0 Å². The molecule has 0 aliphatic carbocycles. The lowest BCUT2D eigenvalue weighted by atomic mass is 10.1. The average Bonchev–Trinajstić information content (AvgIpc) is 3.03. The molecular formula is C18H21N2O3+. The molecule has 0 spiro atoms. The summed E-state index contributed by atoms with van der Waals surface area (Å²) >= 11 is 0. The Hall–Kier alpha value is -2.56. The van der Waals surface area contributed by atoms with Gasteiger partial charge in [-0.1, -0.05) is 13.3 Å². The molecule has 0 saturated carbocycles. The predicted molar refractivity (Wildman–Crippen MR) is 86.5 cm³/mol. The van der Waals surface area contributed by atoms with E-state index in [4.69, 9.17) is 9.47 Å². The molecule has 0 unspecified atom stereocenters. The van der Waals surface area contributed by atoms with E-state index in [2.05, 4.69) is 24.4 Å². The van der Waals surface area contributed by atoms with Crippen LogP contribution in [0.15, 0.2) is 42.7 Å². The van der Waals surface area contributed by atoms with Crippen LogP contribution >= 0.6 is 0 Å². The molecule has 2 heterocycles. The van der Waals surface area contributed by atoms with Crippen molar-refractivity contribution in [3.63, 3.8) is 0 Å². The molecule has 2 aromatic rings. The number of anilines is 1. The molecule has 5 heteroatoms. The Morgan fingerprint density at radius 2 is 1.96 bits per heavy atom. The average molecular weight is 313 g/mol. The van der Waals surface area contributed by atoms with Crippen LogP contribution < -0.4 is 19.4 Å². The minimum Gasteiger partial charge on any atom is -0.454 e. The molecule has 1 N–H and O–H groups in total. The van der Waals surface area contributed by atoms with E-state index in [0.29, 0.717) is 17.2 Å². The second-order valence-corrected chi connectivity index (χ2v) is 5.64. The number of aryl methyl sites for hydroxylation is 1.